The molecule has 4 rings (SSSR count). The SMILES string of the molecule is Nc1ncnc2c1ncn2C1OC(CNS(=O)(=O)CCc2cccc(O)c2O)C(O)C1O. The number of nitrogens with two attached hydrogens (primary N) is 1. The molecule has 2 aromatic heterocycles. The van der Waals surface area contributed by atoms with Gasteiger partial charge in [0.2, 0.25) is 10.0 Å². The van der Waals surface area contributed by atoms with Crippen LogP contribution < -0.4 is 10.5 Å². The molecule has 4 unspecified atom stereocenters. The van der Waals surface area contributed by atoms with Crippen molar-refractivity contribution in [3.8, 4) is 11.5 Å². The molecule has 0 bridgehead atoms. The van der Waals surface area contributed by atoms with Crippen molar-refractivity contribution >= 4 is 27.0 Å². The average molecular weight is 466 g/mol. The average Bonchev–Trinajstić information content (AvgIpc) is 3.30. The Morgan fingerprint density at radius 3 is 2.72 bits per heavy atom. The third-order valence-corrected chi connectivity index (χ3v) is 6.59. The second kappa shape index (κ2) is 8.48. The molecule has 0 saturated carbocycles. The summed E-state index contributed by atoms with van der Waals surface area (Å²) in [5.41, 5.74) is 6.62. The van der Waals surface area contributed by atoms with Crippen molar-refractivity contribution in [1.82, 2.24) is 24.2 Å². The molecule has 1 fully saturated rings. The smallest absolute Gasteiger partial charge is 0.212 e. The lowest BCUT2D eigenvalue weighted by Crippen LogP contribution is -2.40. The highest BCUT2D eigenvalue weighted by molar-refractivity contribution is 7.89. The van der Waals surface area contributed by atoms with Gasteiger partial charge in [0.05, 0.1) is 12.1 Å². The number of phenolic OH excluding ortho intramolecular Hbond substituents is 2. The molecule has 0 amide bonds. The molecule has 172 valence electrons. The first-order valence-corrected chi connectivity index (χ1v) is 11.2. The fraction of sp³-hybridized carbons (Fsp3) is 0.389. The number of nitrogens with zero attached hydrogens (tertiary/aromatic N) is 4. The lowest BCUT2D eigenvalue weighted by Gasteiger charge is -2.16. The molecule has 1 saturated heterocycles. The Labute approximate surface area is 182 Å². The molecule has 1 aliphatic heterocycles. The van der Waals surface area contributed by atoms with E-state index in [9.17, 15) is 28.8 Å². The number of nitrogen functional groups attached to an aromatic ring is 1. The van der Waals surface area contributed by atoms with Crippen LogP contribution in [0, 0.1) is 0 Å². The molecule has 3 heterocycles. The second-order valence-corrected chi connectivity index (χ2v) is 9.26. The number of ether oxygens (including phenoxy) is 1. The molecule has 4 atom stereocenters. The van der Waals surface area contributed by atoms with Crippen LogP contribution in [0.1, 0.15) is 11.8 Å². The number of aliphatic hydroxyl groups excluding tert-OH is 2. The van der Waals surface area contributed by atoms with Gasteiger partial charge in [0.15, 0.2) is 29.2 Å². The Balaban J connectivity index is 1.41. The maximum atomic E-state index is 12.4. The lowest BCUT2D eigenvalue weighted by atomic mass is 10.1. The van der Waals surface area contributed by atoms with E-state index in [2.05, 4.69) is 19.7 Å². The predicted molar refractivity (Wildman–Crippen MR) is 111 cm³/mol. The third-order valence-electron chi connectivity index (χ3n) is 5.24. The molecule has 32 heavy (non-hydrogen) atoms. The van der Waals surface area contributed by atoms with Gasteiger partial charge < -0.3 is 30.9 Å². The van der Waals surface area contributed by atoms with Gasteiger partial charge in [0, 0.05) is 6.54 Å². The zero-order chi connectivity index (χ0) is 23.0. The second-order valence-electron chi connectivity index (χ2n) is 7.33. The first-order valence-electron chi connectivity index (χ1n) is 9.59. The van der Waals surface area contributed by atoms with Crippen molar-refractivity contribution in [2.75, 3.05) is 18.0 Å². The van der Waals surface area contributed by atoms with E-state index in [-0.39, 0.29) is 41.6 Å². The highest BCUT2D eigenvalue weighted by Crippen LogP contribution is 2.32. The molecule has 1 aromatic carbocycles. The summed E-state index contributed by atoms with van der Waals surface area (Å²) in [6.45, 7) is -0.299. The number of phenols is 2. The summed E-state index contributed by atoms with van der Waals surface area (Å²) in [4.78, 5) is 12.0. The van der Waals surface area contributed by atoms with Gasteiger partial charge in [-0.2, -0.15) is 0 Å². The summed E-state index contributed by atoms with van der Waals surface area (Å²) in [7, 11) is -3.82. The highest BCUT2D eigenvalue weighted by atomic mass is 32.2. The van der Waals surface area contributed by atoms with Gasteiger partial charge in [0.25, 0.3) is 0 Å². The summed E-state index contributed by atoms with van der Waals surface area (Å²) in [6, 6.07) is 4.28. The van der Waals surface area contributed by atoms with Crippen LogP contribution in [0.4, 0.5) is 5.82 Å². The number of aromatic nitrogens is 4. The van der Waals surface area contributed by atoms with E-state index >= 15 is 0 Å². The number of hydrogen-bond donors (Lipinski definition) is 6. The quantitative estimate of drug-likeness (QED) is 0.223. The van der Waals surface area contributed by atoms with Gasteiger partial charge in [-0.15, -0.1) is 0 Å². The van der Waals surface area contributed by atoms with Gasteiger partial charge in [-0.3, -0.25) is 4.57 Å². The summed E-state index contributed by atoms with van der Waals surface area (Å²) < 4.78 is 34.1. The van der Waals surface area contributed by atoms with Crippen molar-refractivity contribution in [1.29, 1.82) is 0 Å². The van der Waals surface area contributed by atoms with E-state index in [4.69, 9.17) is 10.5 Å². The number of nitrogens with one attached hydrogen (secondary N) is 1. The van der Waals surface area contributed by atoms with E-state index in [1.807, 2.05) is 0 Å². The number of rotatable bonds is 7. The maximum Gasteiger partial charge on any atom is 0.212 e. The van der Waals surface area contributed by atoms with Crippen molar-refractivity contribution in [3.05, 3.63) is 36.4 Å². The van der Waals surface area contributed by atoms with Gasteiger partial charge in [-0.05, 0) is 18.1 Å². The number of aliphatic hydroxyl groups is 2. The van der Waals surface area contributed by atoms with Gasteiger partial charge in [-0.1, -0.05) is 12.1 Å². The van der Waals surface area contributed by atoms with Crippen molar-refractivity contribution in [2.45, 2.75) is 31.0 Å². The van der Waals surface area contributed by atoms with Gasteiger partial charge >= 0.3 is 0 Å². The number of fused-ring (bicyclic) bond motifs is 1. The van der Waals surface area contributed by atoms with E-state index in [1.54, 1.807) is 0 Å². The third kappa shape index (κ3) is 4.18. The van der Waals surface area contributed by atoms with Crippen LogP contribution in [0.15, 0.2) is 30.9 Å². The Morgan fingerprint density at radius 2 is 1.94 bits per heavy atom. The molecule has 13 nitrogen and oxygen atoms in total. The first kappa shape index (κ1) is 22.2. The largest absolute Gasteiger partial charge is 0.504 e. The van der Waals surface area contributed by atoms with Crippen LogP contribution >= 0.6 is 0 Å². The normalized spacial score (nSPS) is 23.7. The Hall–Kier alpha value is -3.04. The van der Waals surface area contributed by atoms with Crippen molar-refractivity contribution in [3.63, 3.8) is 0 Å². The van der Waals surface area contributed by atoms with Crippen molar-refractivity contribution in [2.24, 2.45) is 0 Å². The Bertz CT molecular complexity index is 1230. The van der Waals surface area contributed by atoms with Crippen LogP contribution in [0.3, 0.4) is 0 Å². The van der Waals surface area contributed by atoms with Gasteiger partial charge in [0.1, 0.15) is 30.2 Å². The molecule has 7 N–H and O–H groups in total. The van der Waals surface area contributed by atoms with Gasteiger partial charge in [-0.25, -0.2) is 28.1 Å². The summed E-state index contributed by atoms with van der Waals surface area (Å²) in [6.07, 6.45) is -2.35. The number of aromatic hydroxyl groups is 2. The Morgan fingerprint density at radius 1 is 1.16 bits per heavy atom. The standard InChI is InChI=1S/C18H22N6O7S/c19-16-12-17(21-7-20-16)24(8-22-12)18-15(28)14(27)11(31-18)6-23-32(29,30)5-4-9-2-1-3-10(25)13(9)26/h1-3,7-8,11,14-15,18,23,25-28H,4-6H2,(H2,19,20,21). The number of aryl methyl sites for hydroxylation is 1. The zero-order valence-corrected chi connectivity index (χ0v) is 17.4. The minimum atomic E-state index is -3.82. The molecular formula is C18H22N6O7S. The molecule has 0 radical (unpaired) electrons. The monoisotopic (exact) mass is 466 g/mol. The molecule has 3 aromatic rings. The minimum Gasteiger partial charge on any atom is -0.504 e. The van der Waals surface area contributed by atoms with Crippen LogP contribution in [0.5, 0.6) is 11.5 Å². The molecule has 1 aliphatic rings. The fourth-order valence-corrected chi connectivity index (χ4v) is 4.54. The van der Waals surface area contributed by atoms with E-state index in [0.717, 1.165) is 0 Å². The molecule has 0 aliphatic carbocycles. The number of sulfonamides is 1. The fourth-order valence-electron chi connectivity index (χ4n) is 3.49. The number of benzene rings is 1. The van der Waals surface area contributed by atoms with Crippen LogP contribution in [-0.2, 0) is 21.2 Å². The van der Waals surface area contributed by atoms with Crippen LogP contribution in [0.25, 0.3) is 11.2 Å². The molecule has 14 heteroatoms. The maximum absolute atomic E-state index is 12.4. The van der Waals surface area contributed by atoms with E-state index in [1.165, 1.54) is 35.4 Å². The highest BCUT2D eigenvalue weighted by Gasteiger charge is 2.44. The number of hydrogen-bond acceptors (Lipinski definition) is 11. The summed E-state index contributed by atoms with van der Waals surface area (Å²) in [5, 5.41) is 40.1. The van der Waals surface area contributed by atoms with Crippen LogP contribution in [-0.4, -0.2) is 79.0 Å². The summed E-state index contributed by atoms with van der Waals surface area (Å²) in [5.74, 6) is -0.945. The number of anilines is 1. The Kier molecular flexibility index (Phi) is 5.87. The summed E-state index contributed by atoms with van der Waals surface area (Å²) >= 11 is 0. The van der Waals surface area contributed by atoms with E-state index < -0.39 is 34.6 Å². The number of para-hydroxylation sites is 1. The topological polar surface area (TPSA) is 206 Å². The minimum absolute atomic E-state index is 0.0446. The zero-order valence-electron chi connectivity index (χ0n) is 16.6. The molecule has 0 spiro atoms. The molecular weight excluding hydrogens is 444 g/mol. The number of imidazole rings is 1. The lowest BCUT2D eigenvalue weighted by molar-refractivity contribution is -0.0330. The van der Waals surface area contributed by atoms with Crippen molar-refractivity contribution < 1.29 is 33.6 Å². The van der Waals surface area contributed by atoms with Crippen LogP contribution in [0.2, 0.25) is 0 Å². The van der Waals surface area contributed by atoms with E-state index in [0.29, 0.717) is 11.2 Å². The first-order chi connectivity index (χ1) is 15.2. The predicted octanol–water partition coefficient (Wildman–Crippen LogP) is -1.40.